The molecule has 100 valence electrons. The number of hydrogen-bond donors (Lipinski definition) is 1. The van der Waals surface area contributed by atoms with E-state index in [1.807, 2.05) is 25.1 Å². The lowest BCUT2D eigenvalue weighted by atomic mass is 9.90. The van der Waals surface area contributed by atoms with Gasteiger partial charge in [0.1, 0.15) is 5.82 Å². The number of aromatic nitrogens is 1. The second-order valence-corrected chi connectivity index (χ2v) is 4.89. The zero-order valence-electron chi connectivity index (χ0n) is 11.3. The maximum absolute atomic E-state index is 6.21. The second-order valence-electron chi connectivity index (χ2n) is 4.89. The minimum absolute atomic E-state index is 0.251. The molecule has 2 rings (SSSR count). The summed E-state index contributed by atoms with van der Waals surface area (Å²) in [6.45, 7) is 2.61. The molecule has 0 bridgehead atoms. The molecule has 1 aromatic heterocycles. The lowest BCUT2D eigenvalue weighted by Crippen LogP contribution is -2.48. The van der Waals surface area contributed by atoms with Crippen LogP contribution < -0.4 is 15.4 Å². The second kappa shape index (κ2) is 6.05. The molecule has 0 saturated heterocycles. The highest BCUT2D eigenvalue weighted by atomic mass is 16.5. The summed E-state index contributed by atoms with van der Waals surface area (Å²) in [6.07, 6.45) is 4.77. The molecule has 0 aromatic carbocycles. The minimum Gasteiger partial charge on any atom is -0.478 e. The number of nitrogens with zero attached hydrogens (tertiary/aromatic N) is 2. The first-order valence-electron chi connectivity index (χ1n) is 6.80. The Bertz CT molecular complexity index is 383. The normalized spacial score (nSPS) is 23.7. The van der Waals surface area contributed by atoms with Crippen molar-refractivity contribution in [3.63, 3.8) is 0 Å². The zero-order chi connectivity index (χ0) is 13.0. The highest BCUT2D eigenvalue weighted by Crippen LogP contribution is 2.25. The number of hydrogen-bond acceptors (Lipinski definition) is 4. The van der Waals surface area contributed by atoms with Crippen LogP contribution in [0.1, 0.15) is 32.6 Å². The molecule has 4 nitrogen and oxygen atoms in total. The van der Waals surface area contributed by atoms with Crippen molar-refractivity contribution in [1.29, 1.82) is 0 Å². The average Bonchev–Trinajstić information content (AvgIpc) is 2.39. The Kier molecular flexibility index (Phi) is 4.42. The molecule has 0 aliphatic heterocycles. The third kappa shape index (κ3) is 2.93. The van der Waals surface area contributed by atoms with Crippen molar-refractivity contribution in [2.24, 2.45) is 5.73 Å². The fourth-order valence-corrected chi connectivity index (χ4v) is 2.62. The molecule has 1 aromatic rings. The van der Waals surface area contributed by atoms with Gasteiger partial charge in [0.2, 0.25) is 5.88 Å². The molecule has 1 heterocycles. The van der Waals surface area contributed by atoms with Crippen LogP contribution in [0.4, 0.5) is 5.82 Å². The van der Waals surface area contributed by atoms with Crippen LogP contribution in [-0.4, -0.2) is 30.7 Å². The number of rotatable bonds is 4. The topological polar surface area (TPSA) is 51.4 Å². The fourth-order valence-electron chi connectivity index (χ4n) is 2.62. The molecule has 1 aliphatic rings. The van der Waals surface area contributed by atoms with Gasteiger partial charge in [-0.25, -0.2) is 0 Å². The van der Waals surface area contributed by atoms with E-state index in [1.165, 1.54) is 12.8 Å². The van der Waals surface area contributed by atoms with E-state index >= 15 is 0 Å². The summed E-state index contributed by atoms with van der Waals surface area (Å²) in [5.41, 5.74) is 6.21. The number of nitrogens with two attached hydrogens (primary N) is 1. The highest BCUT2D eigenvalue weighted by Gasteiger charge is 2.26. The van der Waals surface area contributed by atoms with Crippen LogP contribution in [0.3, 0.4) is 0 Å². The minimum atomic E-state index is 0.251. The molecule has 2 N–H and O–H groups in total. The zero-order valence-corrected chi connectivity index (χ0v) is 11.3. The first kappa shape index (κ1) is 13.1. The van der Waals surface area contributed by atoms with Gasteiger partial charge in [0.05, 0.1) is 6.61 Å². The Morgan fingerprint density at radius 3 is 2.89 bits per heavy atom. The van der Waals surface area contributed by atoms with E-state index < -0.39 is 0 Å². The van der Waals surface area contributed by atoms with Crippen LogP contribution in [0.15, 0.2) is 18.2 Å². The van der Waals surface area contributed by atoms with E-state index in [9.17, 15) is 0 Å². The van der Waals surface area contributed by atoms with Crippen LogP contribution in [0, 0.1) is 0 Å². The Balaban J connectivity index is 2.11. The molecule has 1 fully saturated rings. The Labute approximate surface area is 109 Å². The molecular weight excluding hydrogens is 226 g/mol. The number of ether oxygens (including phenoxy) is 1. The molecule has 0 radical (unpaired) electrons. The number of pyridine rings is 1. The van der Waals surface area contributed by atoms with Crippen molar-refractivity contribution in [2.75, 3.05) is 18.6 Å². The van der Waals surface area contributed by atoms with Crippen molar-refractivity contribution < 1.29 is 4.74 Å². The van der Waals surface area contributed by atoms with E-state index in [2.05, 4.69) is 16.9 Å². The molecular formula is C14H23N3O. The van der Waals surface area contributed by atoms with E-state index in [4.69, 9.17) is 10.5 Å². The molecule has 1 aliphatic carbocycles. The summed E-state index contributed by atoms with van der Waals surface area (Å²) in [5.74, 6) is 1.63. The van der Waals surface area contributed by atoms with Gasteiger partial charge in [-0.1, -0.05) is 18.9 Å². The summed E-state index contributed by atoms with van der Waals surface area (Å²) in [6, 6.07) is 6.54. The van der Waals surface area contributed by atoms with E-state index in [1.54, 1.807) is 0 Å². The van der Waals surface area contributed by atoms with Gasteiger partial charge < -0.3 is 15.4 Å². The lowest BCUT2D eigenvalue weighted by molar-refractivity contribution is 0.325. The molecule has 0 amide bonds. The molecule has 1 saturated carbocycles. The van der Waals surface area contributed by atoms with Gasteiger partial charge in [-0.05, 0) is 25.8 Å². The Morgan fingerprint density at radius 1 is 1.39 bits per heavy atom. The van der Waals surface area contributed by atoms with Crippen LogP contribution in [0.25, 0.3) is 0 Å². The summed E-state index contributed by atoms with van der Waals surface area (Å²) in [5, 5.41) is 0. The third-order valence-electron chi connectivity index (χ3n) is 3.64. The molecule has 4 heteroatoms. The standard InChI is InChI=1S/C14H23N3O/c1-3-18-14-10-6-9-13(16-14)17(2)12-8-5-4-7-11(12)15/h6,9-12H,3-5,7-8,15H2,1-2H3. The van der Waals surface area contributed by atoms with Gasteiger partial charge in [0.15, 0.2) is 0 Å². The Morgan fingerprint density at radius 2 is 2.17 bits per heavy atom. The van der Waals surface area contributed by atoms with Gasteiger partial charge in [0, 0.05) is 25.2 Å². The molecule has 18 heavy (non-hydrogen) atoms. The van der Waals surface area contributed by atoms with Gasteiger partial charge >= 0.3 is 0 Å². The van der Waals surface area contributed by atoms with Crippen LogP contribution >= 0.6 is 0 Å². The van der Waals surface area contributed by atoms with Gasteiger partial charge in [-0.2, -0.15) is 4.98 Å². The summed E-state index contributed by atoms with van der Waals surface area (Å²) >= 11 is 0. The first-order valence-corrected chi connectivity index (χ1v) is 6.80. The first-order chi connectivity index (χ1) is 8.72. The monoisotopic (exact) mass is 249 g/mol. The van der Waals surface area contributed by atoms with Crippen molar-refractivity contribution >= 4 is 5.82 Å². The van der Waals surface area contributed by atoms with Gasteiger partial charge in [0.25, 0.3) is 0 Å². The smallest absolute Gasteiger partial charge is 0.215 e. The van der Waals surface area contributed by atoms with Crippen molar-refractivity contribution in [3.8, 4) is 5.88 Å². The van der Waals surface area contributed by atoms with Gasteiger partial charge in [-0.15, -0.1) is 0 Å². The summed E-state index contributed by atoms with van der Waals surface area (Å²) < 4.78 is 5.44. The summed E-state index contributed by atoms with van der Waals surface area (Å²) in [7, 11) is 2.08. The van der Waals surface area contributed by atoms with Crippen LogP contribution in [0.2, 0.25) is 0 Å². The Hall–Kier alpha value is -1.29. The maximum Gasteiger partial charge on any atom is 0.215 e. The molecule has 2 atom stereocenters. The average molecular weight is 249 g/mol. The van der Waals surface area contributed by atoms with E-state index in [0.717, 1.165) is 18.7 Å². The van der Waals surface area contributed by atoms with Gasteiger partial charge in [-0.3, -0.25) is 0 Å². The van der Waals surface area contributed by atoms with E-state index in [-0.39, 0.29) is 6.04 Å². The quantitative estimate of drug-likeness (QED) is 0.888. The number of likely N-dealkylation sites (N-methyl/N-ethyl adjacent to an activating group) is 1. The SMILES string of the molecule is CCOc1cccc(N(C)C2CCCCC2N)n1. The predicted octanol–water partition coefficient (Wildman–Crippen LogP) is 2.19. The predicted molar refractivity (Wildman–Crippen MR) is 74.0 cm³/mol. The fraction of sp³-hybridized carbons (Fsp3) is 0.643. The number of anilines is 1. The van der Waals surface area contributed by atoms with Crippen LogP contribution in [0.5, 0.6) is 5.88 Å². The molecule has 0 spiro atoms. The highest BCUT2D eigenvalue weighted by molar-refractivity contribution is 5.41. The lowest BCUT2D eigenvalue weighted by Gasteiger charge is -2.36. The maximum atomic E-state index is 6.21. The van der Waals surface area contributed by atoms with Crippen molar-refractivity contribution in [3.05, 3.63) is 18.2 Å². The van der Waals surface area contributed by atoms with E-state index in [0.29, 0.717) is 18.5 Å². The van der Waals surface area contributed by atoms with Crippen molar-refractivity contribution in [1.82, 2.24) is 4.98 Å². The largest absolute Gasteiger partial charge is 0.478 e. The van der Waals surface area contributed by atoms with Crippen LogP contribution in [-0.2, 0) is 0 Å². The molecule has 2 unspecified atom stereocenters. The third-order valence-corrected chi connectivity index (χ3v) is 3.64. The summed E-state index contributed by atoms with van der Waals surface area (Å²) in [4.78, 5) is 6.72. The van der Waals surface area contributed by atoms with Crippen molar-refractivity contribution in [2.45, 2.75) is 44.7 Å².